The summed E-state index contributed by atoms with van der Waals surface area (Å²) >= 11 is 0. The van der Waals surface area contributed by atoms with E-state index >= 15 is 0 Å². The average molecular weight is 286 g/mol. The summed E-state index contributed by atoms with van der Waals surface area (Å²) < 4.78 is 7.39. The van der Waals surface area contributed by atoms with Gasteiger partial charge in [0.2, 0.25) is 5.89 Å². The summed E-state index contributed by atoms with van der Waals surface area (Å²) in [6.07, 6.45) is 8.32. The van der Waals surface area contributed by atoms with E-state index in [0.717, 1.165) is 30.2 Å². The molecule has 3 aromatic heterocycles. The van der Waals surface area contributed by atoms with Gasteiger partial charge in [0.1, 0.15) is 11.6 Å². The maximum Gasteiger partial charge on any atom is 0.213 e. The summed E-state index contributed by atoms with van der Waals surface area (Å²) in [7, 11) is 0. The molecule has 0 saturated carbocycles. The highest BCUT2D eigenvalue weighted by atomic mass is 16.4. The lowest BCUT2D eigenvalue weighted by Gasteiger charge is -2.09. The molecule has 0 aliphatic carbocycles. The van der Waals surface area contributed by atoms with Crippen LogP contribution in [0.25, 0.3) is 5.65 Å². The number of hydrogen-bond acceptors (Lipinski definition) is 6. The van der Waals surface area contributed by atoms with Gasteiger partial charge in [-0.25, -0.2) is 15.0 Å². The van der Waals surface area contributed by atoms with Crippen LogP contribution in [-0.4, -0.2) is 25.9 Å². The lowest BCUT2D eigenvalue weighted by Crippen LogP contribution is -2.08. The van der Waals surface area contributed by atoms with E-state index in [1.807, 2.05) is 23.7 Å². The zero-order chi connectivity index (χ0) is 14.7. The Morgan fingerprint density at radius 1 is 1.29 bits per heavy atom. The molecule has 0 aliphatic heterocycles. The Balaban J connectivity index is 1.83. The maximum absolute atomic E-state index is 5.45. The largest absolute Gasteiger partial charge is 0.444 e. The number of oxazole rings is 1. The highest BCUT2D eigenvalue weighted by Gasteiger charge is 2.08. The minimum Gasteiger partial charge on any atom is -0.444 e. The van der Waals surface area contributed by atoms with Gasteiger partial charge in [0.25, 0.3) is 0 Å². The fraction of sp³-hybridized carbons (Fsp3) is 0.357. The predicted octanol–water partition coefficient (Wildman–Crippen LogP) is 2.46. The number of nitrogens with one attached hydrogen (secondary N) is 2. The van der Waals surface area contributed by atoms with Gasteiger partial charge in [-0.15, -0.1) is 0 Å². The number of fused-ring (bicyclic) bond motifs is 1. The van der Waals surface area contributed by atoms with Gasteiger partial charge < -0.3 is 19.5 Å². The van der Waals surface area contributed by atoms with Crippen LogP contribution in [0.4, 0.5) is 11.6 Å². The van der Waals surface area contributed by atoms with Gasteiger partial charge in [-0.2, -0.15) is 0 Å². The Hall–Kier alpha value is -2.57. The first-order valence-corrected chi connectivity index (χ1v) is 6.99. The molecule has 7 heteroatoms. The van der Waals surface area contributed by atoms with Gasteiger partial charge in [-0.1, -0.05) is 6.92 Å². The van der Waals surface area contributed by atoms with Gasteiger partial charge in [0.15, 0.2) is 11.5 Å². The van der Waals surface area contributed by atoms with Crippen LogP contribution in [0, 0.1) is 6.92 Å². The standard InChI is InChI=1S/C14H18N6O/c1-3-4-15-11-9-20-6-5-16-14(20)13(19-11)18-8-12-17-7-10(2)21-12/h5-7,9,15H,3-4,8H2,1-2H3,(H,18,19). The van der Waals surface area contributed by atoms with Crippen molar-refractivity contribution in [2.24, 2.45) is 0 Å². The quantitative estimate of drug-likeness (QED) is 0.724. The van der Waals surface area contributed by atoms with E-state index in [0.29, 0.717) is 18.3 Å². The van der Waals surface area contributed by atoms with Crippen molar-refractivity contribution in [3.63, 3.8) is 0 Å². The highest BCUT2D eigenvalue weighted by molar-refractivity contribution is 5.65. The summed E-state index contributed by atoms with van der Waals surface area (Å²) in [6.45, 7) is 5.34. The number of rotatable bonds is 6. The van der Waals surface area contributed by atoms with Gasteiger partial charge in [0.05, 0.1) is 18.9 Å². The zero-order valence-corrected chi connectivity index (χ0v) is 12.1. The van der Waals surface area contributed by atoms with Crippen molar-refractivity contribution in [2.75, 3.05) is 17.2 Å². The first kappa shape index (κ1) is 13.4. The first-order valence-electron chi connectivity index (χ1n) is 6.99. The number of anilines is 2. The Morgan fingerprint density at radius 3 is 2.95 bits per heavy atom. The Kier molecular flexibility index (Phi) is 3.72. The predicted molar refractivity (Wildman–Crippen MR) is 80.3 cm³/mol. The first-order chi connectivity index (χ1) is 10.3. The summed E-state index contributed by atoms with van der Waals surface area (Å²) in [6, 6.07) is 0. The van der Waals surface area contributed by atoms with Gasteiger partial charge in [0, 0.05) is 18.9 Å². The molecule has 0 aliphatic rings. The lowest BCUT2D eigenvalue weighted by molar-refractivity contribution is 0.479. The molecule has 3 aromatic rings. The molecular weight excluding hydrogens is 268 g/mol. The third kappa shape index (κ3) is 2.96. The molecule has 21 heavy (non-hydrogen) atoms. The zero-order valence-electron chi connectivity index (χ0n) is 12.1. The molecule has 0 bridgehead atoms. The molecule has 0 amide bonds. The molecule has 0 aromatic carbocycles. The number of nitrogens with zero attached hydrogens (tertiary/aromatic N) is 4. The smallest absolute Gasteiger partial charge is 0.213 e. The number of aromatic nitrogens is 4. The molecule has 2 N–H and O–H groups in total. The second-order valence-corrected chi connectivity index (χ2v) is 4.78. The van der Waals surface area contributed by atoms with Crippen molar-refractivity contribution < 1.29 is 4.42 Å². The summed E-state index contributed by atoms with van der Waals surface area (Å²) in [5.41, 5.74) is 0.778. The van der Waals surface area contributed by atoms with Crippen LogP contribution in [-0.2, 0) is 6.54 Å². The third-order valence-electron chi connectivity index (χ3n) is 3.01. The molecule has 7 nitrogen and oxygen atoms in total. The number of imidazole rings is 1. The maximum atomic E-state index is 5.45. The van der Waals surface area contributed by atoms with Crippen LogP contribution in [0.2, 0.25) is 0 Å². The van der Waals surface area contributed by atoms with E-state index in [-0.39, 0.29) is 0 Å². The lowest BCUT2D eigenvalue weighted by atomic mass is 10.4. The van der Waals surface area contributed by atoms with Crippen molar-refractivity contribution in [3.8, 4) is 0 Å². The molecule has 0 fully saturated rings. The van der Waals surface area contributed by atoms with Crippen LogP contribution >= 0.6 is 0 Å². The fourth-order valence-corrected chi connectivity index (χ4v) is 2.03. The van der Waals surface area contributed by atoms with Crippen molar-refractivity contribution in [2.45, 2.75) is 26.8 Å². The fourth-order valence-electron chi connectivity index (χ4n) is 2.03. The Bertz CT molecular complexity index is 732. The second-order valence-electron chi connectivity index (χ2n) is 4.78. The molecule has 0 radical (unpaired) electrons. The molecular formula is C14H18N6O. The average Bonchev–Trinajstić information content (AvgIpc) is 3.11. The number of hydrogen-bond donors (Lipinski definition) is 2. The van der Waals surface area contributed by atoms with E-state index in [4.69, 9.17) is 4.42 Å². The van der Waals surface area contributed by atoms with E-state index < -0.39 is 0 Å². The second kappa shape index (κ2) is 5.82. The highest BCUT2D eigenvalue weighted by Crippen LogP contribution is 2.17. The molecule has 3 heterocycles. The van der Waals surface area contributed by atoms with E-state index in [2.05, 4.69) is 32.5 Å². The van der Waals surface area contributed by atoms with Crippen LogP contribution in [0.1, 0.15) is 25.0 Å². The van der Waals surface area contributed by atoms with Crippen LogP contribution in [0.3, 0.4) is 0 Å². The van der Waals surface area contributed by atoms with Crippen molar-refractivity contribution >= 4 is 17.3 Å². The Morgan fingerprint density at radius 2 is 2.19 bits per heavy atom. The molecule has 3 rings (SSSR count). The Labute approximate surface area is 122 Å². The monoisotopic (exact) mass is 286 g/mol. The molecule has 110 valence electrons. The minimum atomic E-state index is 0.473. The van der Waals surface area contributed by atoms with Crippen molar-refractivity contribution in [1.82, 2.24) is 19.4 Å². The topological polar surface area (TPSA) is 80.3 Å². The van der Waals surface area contributed by atoms with E-state index in [1.165, 1.54) is 0 Å². The molecule has 0 unspecified atom stereocenters. The van der Waals surface area contributed by atoms with Gasteiger partial charge >= 0.3 is 0 Å². The van der Waals surface area contributed by atoms with Gasteiger partial charge in [-0.05, 0) is 13.3 Å². The van der Waals surface area contributed by atoms with Crippen molar-refractivity contribution in [1.29, 1.82) is 0 Å². The summed E-state index contributed by atoms with van der Waals surface area (Å²) in [4.78, 5) is 13.0. The molecule has 0 spiro atoms. The summed E-state index contributed by atoms with van der Waals surface area (Å²) in [5, 5.41) is 6.51. The van der Waals surface area contributed by atoms with Gasteiger partial charge in [-0.3, -0.25) is 0 Å². The normalized spacial score (nSPS) is 11.0. The van der Waals surface area contributed by atoms with Crippen LogP contribution in [0.5, 0.6) is 0 Å². The van der Waals surface area contributed by atoms with Crippen molar-refractivity contribution in [3.05, 3.63) is 36.4 Å². The number of aryl methyl sites for hydroxylation is 1. The summed E-state index contributed by atoms with van der Waals surface area (Å²) in [5.74, 6) is 2.94. The van der Waals surface area contributed by atoms with E-state index in [1.54, 1.807) is 12.4 Å². The molecule has 0 atom stereocenters. The third-order valence-corrected chi connectivity index (χ3v) is 3.01. The van der Waals surface area contributed by atoms with E-state index in [9.17, 15) is 0 Å². The molecule has 0 saturated heterocycles. The van der Waals surface area contributed by atoms with Crippen LogP contribution < -0.4 is 10.6 Å². The van der Waals surface area contributed by atoms with Crippen LogP contribution in [0.15, 0.2) is 29.2 Å². The minimum absolute atomic E-state index is 0.473. The SMILES string of the molecule is CCCNc1cn2ccnc2c(NCc2ncc(C)o2)n1.